The molecule has 13 heavy (non-hydrogen) atoms. The number of hydrogen-bond donors (Lipinski definition) is 1. The minimum Gasteiger partial charge on any atom is -0.468 e. The molecule has 1 aromatic heterocycles. The number of aryl methyl sites for hydroxylation is 1. The summed E-state index contributed by atoms with van der Waals surface area (Å²) in [6.45, 7) is 3.73. The second-order valence-corrected chi connectivity index (χ2v) is 2.82. The summed E-state index contributed by atoms with van der Waals surface area (Å²) in [5.41, 5.74) is 7.84. The Morgan fingerprint density at radius 1 is 1.62 bits per heavy atom. The summed E-state index contributed by atoms with van der Waals surface area (Å²) in [7, 11) is 1.34. The molecule has 1 heterocycles. The van der Waals surface area contributed by atoms with Crippen LogP contribution in [-0.4, -0.2) is 22.9 Å². The summed E-state index contributed by atoms with van der Waals surface area (Å²) in [5.74, 6) is -0.328. The Hall–Kier alpha value is -1.52. The first-order valence-electron chi connectivity index (χ1n) is 3.92. The number of rotatable bonds is 2. The number of hydrogen-bond acceptors (Lipinski definition) is 4. The van der Waals surface area contributed by atoms with Crippen molar-refractivity contribution in [1.82, 2.24) is 9.78 Å². The zero-order valence-electron chi connectivity index (χ0n) is 8.00. The molecule has 72 valence electrons. The lowest BCUT2D eigenvalue weighted by atomic mass is 10.3. The maximum Gasteiger partial charge on any atom is 0.327 e. The van der Waals surface area contributed by atoms with Crippen molar-refractivity contribution >= 4 is 11.7 Å². The number of nitrogens with zero attached hydrogens (tertiary/aromatic N) is 2. The molecule has 0 spiro atoms. The van der Waals surface area contributed by atoms with Crippen LogP contribution >= 0.6 is 0 Å². The number of methoxy groups -OCH3 is 1. The second-order valence-electron chi connectivity index (χ2n) is 2.82. The van der Waals surface area contributed by atoms with Crippen LogP contribution in [0.25, 0.3) is 0 Å². The average Bonchev–Trinajstić information content (AvgIpc) is 2.34. The largest absolute Gasteiger partial charge is 0.468 e. The van der Waals surface area contributed by atoms with Gasteiger partial charge in [-0.15, -0.1) is 0 Å². The van der Waals surface area contributed by atoms with Gasteiger partial charge in [0.25, 0.3) is 0 Å². The van der Waals surface area contributed by atoms with Crippen LogP contribution in [0.4, 0.5) is 5.69 Å². The Labute approximate surface area is 76.5 Å². The van der Waals surface area contributed by atoms with Crippen LogP contribution in [0.2, 0.25) is 0 Å². The van der Waals surface area contributed by atoms with Gasteiger partial charge in [-0.3, -0.25) is 9.48 Å². The Balaban J connectivity index is 2.90. The molecule has 0 saturated heterocycles. The fraction of sp³-hybridized carbons (Fsp3) is 0.500. The Morgan fingerprint density at radius 2 is 2.23 bits per heavy atom. The maximum atomic E-state index is 10.9. The summed E-state index contributed by atoms with van der Waals surface area (Å²) in [5, 5.41) is 4.09. The molecule has 0 saturated carbocycles. The van der Waals surface area contributed by atoms with E-state index in [1.807, 2.05) is 6.92 Å². The van der Waals surface area contributed by atoms with Gasteiger partial charge in [-0.25, -0.2) is 0 Å². The summed E-state index contributed by atoms with van der Waals surface area (Å²) < 4.78 is 6.06. The van der Waals surface area contributed by atoms with E-state index in [4.69, 9.17) is 5.73 Å². The van der Waals surface area contributed by atoms with E-state index < -0.39 is 0 Å². The number of aromatic nitrogens is 2. The van der Waals surface area contributed by atoms with Crippen LogP contribution < -0.4 is 5.73 Å². The molecular formula is C8H13N3O2. The van der Waals surface area contributed by atoms with Crippen LogP contribution in [0.1, 0.15) is 11.4 Å². The van der Waals surface area contributed by atoms with E-state index in [9.17, 15) is 4.79 Å². The Kier molecular flexibility index (Phi) is 2.55. The number of nitrogen functional groups attached to an aromatic ring is 1. The molecule has 0 amide bonds. The van der Waals surface area contributed by atoms with Crippen LogP contribution in [-0.2, 0) is 16.1 Å². The van der Waals surface area contributed by atoms with E-state index in [1.165, 1.54) is 11.8 Å². The third-order valence-corrected chi connectivity index (χ3v) is 1.94. The highest BCUT2D eigenvalue weighted by molar-refractivity contribution is 5.69. The highest BCUT2D eigenvalue weighted by atomic mass is 16.5. The molecule has 0 radical (unpaired) electrons. The lowest BCUT2D eigenvalue weighted by Gasteiger charge is -2.01. The van der Waals surface area contributed by atoms with E-state index >= 15 is 0 Å². The normalized spacial score (nSPS) is 10.1. The van der Waals surface area contributed by atoms with E-state index in [0.29, 0.717) is 5.69 Å². The molecule has 0 aromatic carbocycles. The van der Waals surface area contributed by atoms with Crippen LogP contribution in [0, 0.1) is 13.8 Å². The van der Waals surface area contributed by atoms with Gasteiger partial charge >= 0.3 is 5.97 Å². The van der Waals surface area contributed by atoms with Crippen molar-refractivity contribution < 1.29 is 9.53 Å². The first-order valence-corrected chi connectivity index (χ1v) is 3.92. The first-order chi connectivity index (χ1) is 6.06. The third kappa shape index (κ3) is 1.80. The van der Waals surface area contributed by atoms with Crippen molar-refractivity contribution in [1.29, 1.82) is 0 Å². The smallest absolute Gasteiger partial charge is 0.327 e. The quantitative estimate of drug-likeness (QED) is 0.667. The average molecular weight is 183 g/mol. The van der Waals surface area contributed by atoms with Crippen molar-refractivity contribution in [2.75, 3.05) is 12.8 Å². The fourth-order valence-corrected chi connectivity index (χ4v) is 1.05. The van der Waals surface area contributed by atoms with E-state index in [0.717, 1.165) is 11.4 Å². The molecule has 1 rings (SSSR count). The van der Waals surface area contributed by atoms with Gasteiger partial charge in [0.2, 0.25) is 0 Å². The second kappa shape index (κ2) is 3.47. The van der Waals surface area contributed by atoms with Gasteiger partial charge in [-0.2, -0.15) is 5.10 Å². The lowest BCUT2D eigenvalue weighted by Crippen LogP contribution is -2.14. The van der Waals surface area contributed by atoms with Crippen molar-refractivity contribution in [2.24, 2.45) is 0 Å². The molecule has 0 fully saturated rings. The number of nitrogens with two attached hydrogens (primary N) is 1. The highest BCUT2D eigenvalue weighted by Gasteiger charge is 2.10. The molecule has 5 nitrogen and oxygen atoms in total. The maximum absolute atomic E-state index is 10.9. The number of carbonyl (C=O) groups is 1. The van der Waals surface area contributed by atoms with E-state index in [2.05, 4.69) is 9.84 Å². The van der Waals surface area contributed by atoms with Crippen molar-refractivity contribution in [3.05, 3.63) is 11.4 Å². The number of anilines is 1. The fourth-order valence-electron chi connectivity index (χ4n) is 1.05. The number of ether oxygens (including phenoxy) is 1. The van der Waals surface area contributed by atoms with Crippen LogP contribution in [0.5, 0.6) is 0 Å². The van der Waals surface area contributed by atoms with Crippen molar-refractivity contribution in [3.63, 3.8) is 0 Å². The van der Waals surface area contributed by atoms with Crippen LogP contribution in [0.3, 0.4) is 0 Å². The molecule has 0 unspecified atom stereocenters. The summed E-state index contributed by atoms with van der Waals surface area (Å²) in [4.78, 5) is 10.9. The minimum absolute atomic E-state index is 0.111. The van der Waals surface area contributed by atoms with Gasteiger partial charge < -0.3 is 10.5 Å². The molecule has 0 aliphatic rings. The summed E-state index contributed by atoms with van der Waals surface area (Å²) in [6, 6.07) is 0. The third-order valence-electron chi connectivity index (χ3n) is 1.94. The molecule has 2 N–H and O–H groups in total. The van der Waals surface area contributed by atoms with Crippen LogP contribution in [0.15, 0.2) is 0 Å². The predicted molar refractivity (Wildman–Crippen MR) is 48.1 cm³/mol. The van der Waals surface area contributed by atoms with Gasteiger partial charge in [-0.05, 0) is 13.8 Å². The SMILES string of the molecule is COC(=O)Cn1nc(C)c(N)c1C. The van der Waals surface area contributed by atoms with Gasteiger partial charge in [0.1, 0.15) is 6.54 Å². The number of carbonyl (C=O) groups excluding carboxylic acids is 1. The first kappa shape index (κ1) is 9.57. The molecule has 0 aliphatic carbocycles. The molecule has 0 bridgehead atoms. The Morgan fingerprint density at radius 3 is 2.62 bits per heavy atom. The van der Waals surface area contributed by atoms with Gasteiger partial charge in [0, 0.05) is 0 Å². The van der Waals surface area contributed by atoms with Gasteiger partial charge in [0.15, 0.2) is 0 Å². The summed E-state index contributed by atoms with van der Waals surface area (Å²) >= 11 is 0. The molecule has 5 heteroatoms. The zero-order chi connectivity index (χ0) is 10.0. The zero-order valence-corrected chi connectivity index (χ0v) is 8.00. The monoisotopic (exact) mass is 183 g/mol. The molecule has 1 aromatic rings. The lowest BCUT2D eigenvalue weighted by molar-refractivity contribution is -0.141. The van der Waals surface area contributed by atoms with Gasteiger partial charge in [-0.1, -0.05) is 0 Å². The predicted octanol–water partition coefficient (Wildman–Crippen LogP) is 0.255. The number of esters is 1. The minimum atomic E-state index is -0.328. The highest BCUT2D eigenvalue weighted by Crippen LogP contribution is 2.14. The molecule has 0 aliphatic heterocycles. The van der Waals surface area contributed by atoms with E-state index in [1.54, 1.807) is 6.92 Å². The standard InChI is InChI=1S/C8H13N3O2/c1-5-8(9)6(2)11(10-5)4-7(12)13-3/h4,9H2,1-3H3. The van der Waals surface area contributed by atoms with Gasteiger partial charge in [0.05, 0.1) is 24.2 Å². The molecular weight excluding hydrogens is 170 g/mol. The topological polar surface area (TPSA) is 70.1 Å². The van der Waals surface area contributed by atoms with Crippen molar-refractivity contribution in [2.45, 2.75) is 20.4 Å². The Bertz CT molecular complexity index is 330. The van der Waals surface area contributed by atoms with Crippen molar-refractivity contribution in [3.8, 4) is 0 Å². The van der Waals surface area contributed by atoms with E-state index in [-0.39, 0.29) is 12.5 Å². The molecule has 0 atom stereocenters. The summed E-state index contributed by atoms with van der Waals surface area (Å²) in [6.07, 6.45) is 0.